The smallest absolute Gasteiger partial charge is 0.338 e. The topological polar surface area (TPSA) is 65.2 Å². The molecule has 0 amide bonds. The van der Waals surface area contributed by atoms with Gasteiger partial charge >= 0.3 is 5.97 Å². The maximum absolute atomic E-state index is 12.6. The van der Waals surface area contributed by atoms with E-state index in [0.717, 1.165) is 13.2 Å². The molecule has 0 bridgehead atoms. The van der Waals surface area contributed by atoms with Crippen molar-refractivity contribution in [3.8, 4) is 0 Å². The second kappa shape index (κ2) is 4.52. The van der Waals surface area contributed by atoms with Crippen LogP contribution < -0.4 is 5.73 Å². The molecule has 0 atom stereocenters. The van der Waals surface area contributed by atoms with Crippen LogP contribution in [-0.4, -0.2) is 18.1 Å². The highest BCUT2D eigenvalue weighted by molar-refractivity contribution is 9.10. The molecule has 4 nitrogen and oxygen atoms in total. The standard InChI is InChI=1S/C8H7BrF2N2O2/c1-15-8(14)3-2-4(9)13-7(12)5(3)6(10)11/h2,6H,1H3,(H2,12,13). The van der Waals surface area contributed by atoms with Gasteiger partial charge in [0, 0.05) is 0 Å². The highest BCUT2D eigenvalue weighted by atomic mass is 79.9. The zero-order chi connectivity index (χ0) is 11.6. The fourth-order valence-corrected chi connectivity index (χ4v) is 1.47. The van der Waals surface area contributed by atoms with Crippen molar-refractivity contribution in [3.05, 3.63) is 21.8 Å². The first-order chi connectivity index (χ1) is 6.97. The Morgan fingerprint density at radius 1 is 1.67 bits per heavy atom. The number of esters is 1. The summed E-state index contributed by atoms with van der Waals surface area (Å²) in [5.41, 5.74) is 4.40. The molecule has 0 aliphatic carbocycles. The molecular formula is C8H7BrF2N2O2. The van der Waals surface area contributed by atoms with Crippen molar-refractivity contribution < 1.29 is 18.3 Å². The number of hydrogen-bond acceptors (Lipinski definition) is 4. The number of carbonyl (C=O) groups is 1. The molecule has 0 radical (unpaired) electrons. The first kappa shape index (κ1) is 11.8. The van der Waals surface area contributed by atoms with Crippen LogP contribution in [0.1, 0.15) is 22.3 Å². The fraction of sp³-hybridized carbons (Fsp3) is 0.250. The molecule has 1 rings (SSSR count). The van der Waals surface area contributed by atoms with Gasteiger partial charge in [0.15, 0.2) is 0 Å². The van der Waals surface area contributed by atoms with E-state index in [1.807, 2.05) is 0 Å². The lowest BCUT2D eigenvalue weighted by molar-refractivity contribution is 0.0589. The molecule has 0 aliphatic heterocycles. The third-order valence-corrected chi connectivity index (χ3v) is 2.09. The van der Waals surface area contributed by atoms with Crippen molar-refractivity contribution in [1.82, 2.24) is 4.98 Å². The number of rotatable bonds is 2. The zero-order valence-corrected chi connectivity index (χ0v) is 9.22. The Labute approximate surface area is 92.6 Å². The van der Waals surface area contributed by atoms with Crippen molar-refractivity contribution >= 4 is 27.7 Å². The van der Waals surface area contributed by atoms with E-state index in [1.54, 1.807) is 0 Å². The van der Waals surface area contributed by atoms with Crippen LogP contribution in [0.5, 0.6) is 0 Å². The van der Waals surface area contributed by atoms with Crippen LogP contribution in [-0.2, 0) is 4.74 Å². The SMILES string of the molecule is COC(=O)c1cc(Br)nc(N)c1C(F)F. The average Bonchev–Trinajstić information content (AvgIpc) is 2.14. The Balaban J connectivity index is 3.40. The van der Waals surface area contributed by atoms with Crippen LogP contribution in [0.25, 0.3) is 0 Å². The average molecular weight is 281 g/mol. The van der Waals surface area contributed by atoms with Gasteiger partial charge in [-0.05, 0) is 22.0 Å². The van der Waals surface area contributed by atoms with Gasteiger partial charge in [-0.25, -0.2) is 18.6 Å². The van der Waals surface area contributed by atoms with Gasteiger partial charge in [0.05, 0.1) is 18.2 Å². The first-order valence-corrected chi connectivity index (χ1v) is 4.59. The number of alkyl halides is 2. The Morgan fingerprint density at radius 3 is 2.73 bits per heavy atom. The van der Waals surface area contributed by atoms with Crippen LogP contribution in [0, 0.1) is 0 Å². The van der Waals surface area contributed by atoms with E-state index < -0.39 is 18.0 Å². The zero-order valence-electron chi connectivity index (χ0n) is 7.63. The molecule has 0 spiro atoms. The van der Waals surface area contributed by atoms with E-state index in [1.165, 1.54) is 0 Å². The normalized spacial score (nSPS) is 10.5. The molecule has 0 aromatic carbocycles. The Kier molecular flexibility index (Phi) is 3.57. The molecule has 0 unspecified atom stereocenters. The number of ether oxygens (including phenoxy) is 1. The van der Waals surface area contributed by atoms with E-state index in [-0.39, 0.29) is 16.0 Å². The summed E-state index contributed by atoms with van der Waals surface area (Å²) in [7, 11) is 1.10. The lowest BCUT2D eigenvalue weighted by atomic mass is 10.1. The highest BCUT2D eigenvalue weighted by Gasteiger charge is 2.23. The number of methoxy groups -OCH3 is 1. The van der Waals surface area contributed by atoms with Crippen LogP contribution in [0.3, 0.4) is 0 Å². The number of pyridine rings is 1. The van der Waals surface area contributed by atoms with Crippen molar-refractivity contribution in [2.75, 3.05) is 12.8 Å². The first-order valence-electron chi connectivity index (χ1n) is 3.79. The maximum Gasteiger partial charge on any atom is 0.338 e. The van der Waals surface area contributed by atoms with Gasteiger partial charge in [-0.2, -0.15) is 0 Å². The molecule has 82 valence electrons. The third kappa shape index (κ3) is 2.41. The summed E-state index contributed by atoms with van der Waals surface area (Å²) in [6, 6.07) is 1.14. The van der Waals surface area contributed by atoms with Gasteiger partial charge in [-0.15, -0.1) is 0 Å². The molecule has 0 saturated heterocycles. The summed E-state index contributed by atoms with van der Waals surface area (Å²) in [6.07, 6.45) is -2.88. The number of nitrogens with zero attached hydrogens (tertiary/aromatic N) is 1. The van der Waals surface area contributed by atoms with Crippen LogP contribution in [0.2, 0.25) is 0 Å². The predicted molar refractivity (Wildman–Crippen MR) is 52.6 cm³/mol. The number of aromatic nitrogens is 1. The molecule has 0 saturated carbocycles. The van der Waals surface area contributed by atoms with Crippen molar-refractivity contribution in [2.45, 2.75) is 6.43 Å². The molecule has 0 aliphatic rings. The van der Waals surface area contributed by atoms with Crippen molar-refractivity contribution in [3.63, 3.8) is 0 Å². The molecule has 1 aromatic rings. The summed E-state index contributed by atoms with van der Waals surface area (Å²) >= 11 is 2.95. The summed E-state index contributed by atoms with van der Waals surface area (Å²) in [6.45, 7) is 0. The molecule has 1 heterocycles. The van der Waals surface area contributed by atoms with Crippen molar-refractivity contribution in [1.29, 1.82) is 0 Å². The second-order valence-corrected chi connectivity index (χ2v) is 3.40. The minimum absolute atomic E-state index is 0.199. The second-order valence-electron chi connectivity index (χ2n) is 2.58. The summed E-state index contributed by atoms with van der Waals surface area (Å²) in [5, 5.41) is 0. The van der Waals surface area contributed by atoms with Crippen LogP contribution >= 0.6 is 15.9 Å². The quantitative estimate of drug-likeness (QED) is 0.666. The van der Waals surface area contributed by atoms with Crippen molar-refractivity contribution in [2.24, 2.45) is 0 Å². The lowest BCUT2D eigenvalue weighted by Gasteiger charge is -2.09. The van der Waals surface area contributed by atoms with E-state index in [4.69, 9.17) is 5.73 Å². The number of anilines is 1. The van der Waals surface area contributed by atoms with Gasteiger partial charge in [0.2, 0.25) is 0 Å². The fourth-order valence-electron chi connectivity index (χ4n) is 1.05. The van der Waals surface area contributed by atoms with Gasteiger partial charge < -0.3 is 10.5 Å². The third-order valence-electron chi connectivity index (χ3n) is 1.68. The Hall–Kier alpha value is -1.24. The Morgan fingerprint density at radius 2 is 2.27 bits per heavy atom. The number of carbonyl (C=O) groups excluding carboxylic acids is 1. The molecule has 2 N–H and O–H groups in total. The highest BCUT2D eigenvalue weighted by Crippen LogP contribution is 2.29. The molecule has 0 fully saturated rings. The number of halogens is 3. The predicted octanol–water partition coefficient (Wildman–Crippen LogP) is 2.15. The Bertz CT molecular complexity index is 398. The van der Waals surface area contributed by atoms with E-state index in [0.29, 0.717) is 0 Å². The summed E-state index contributed by atoms with van der Waals surface area (Å²) in [4.78, 5) is 14.8. The molecule has 1 aromatic heterocycles. The van der Waals surface area contributed by atoms with E-state index >= 15 is 0 Å². The van der Waals surface area contributed by atoms with Crippen LogP contribution in [0.4, 0.5) is 14.6 Å². The van der Waals surface area contributed by atoms with Crippen LogP contribution in [0.15, 0.2) is 10.7 Å². The molecule has 7 heteroatoms. The number of nitrogen functional groups attached to an aromatic ring is 1. The van der Waals surface area contributed by atoms with Gasteiger partial charge in [0.25, 0.3) is 6.43 Å². The summed E-state index contributed by atoms with van der Waals surface area (Å²) < 4.78 is 29.7. The van der Waals surface area contributed by atoms with E-state index in [9.17, 15) is 13.6 Å². The largest absolute Gasteiger partial charge is 0.465 e. The number of hydrogen-bond donors (Lipinski definition) is 1. The minimum atomic E-state index is -2.88. The molecular weight excluding hydrogens is 274 g/mol. The number of nitrogens with two attached hydrogens (primary N) is 1. The van der Waals surface area contributed by atoms with Gasteiger partial charge in [-0.1, -0.05) is 0 Å². The minimum Gasteiger partial charge on any atom is -0.465 e. The molecule has 15 heavy (non-hydrogen) atoms. The lowest BCUT2D eigenvalue weighted by Crippen LogP contribution is -2.10. The van der Waals surface area contributed by atoms with Gasteiger partial charge in [0.1, 0.15) is 10.4 Å². The monoisotopic (exact) mass is 280 g/mol. The van der Waals surface area contributed by atoms with E-state index in [2.05, 4.69) is 25.7 Å². The van der Waals surface area contributed by atoms with Gasteiger partial charge in [-0.3, -0.25) is 0 Å². The summed E-state index contributed by atoms with van der Waals surface area (Å²) in [5.74, 6) is -1.26. The maximum atomic E-state index is 12.6.